The molecule has 1 aliphatic rings. The number of carbonyl (C=O) groups excluding carboxylic acids is 1. The molecular formula is C11H13NO3. The quantitative estimate of drug-likeness (QED) is 0.651. The third kappa shape index (κ3) is 1.63. The molecule has 0 amide bonds. The Kier molecular flexibility index (Phi) is 2.49. The fraction of sp³-hybridized carbons (Fsp3) is 0.364. The molecule has 0 bridgehead atoms. The minimum absolute atomic E-state index is 0.329. The maximum Gasteiger partial charge on any atom is 0.340 e. The van der Waals surface area contributed by atoms with Crippen molar-refractivity contribution in [3.63, 3.8) is 0 Å². The maximum atomic E-state index is 11.5. The van der Waals surface area contributed by atoms with Crippen molar-refractivity contribution in [1.82, 2.24) is 0 Å². The number of esters is 1. The van der Waals surface area contributed by atoms with Gasteiger partial charge in [0.2, 0.25) is 0 Å². The summed E-state index contributed by atoms with van der Waals surface area (Å²) in [5.41, 5.74) is 1.37. The second-order valence-electron chi connectivity index (χ2n) is 3.41. The zero-order valence-corrected chi connectivity index (χ0v) is 8.82. The Morgan fingerprint density at radius 2 is 2.33 bits per heavy atom. The SMILES string of the molecule is COC(=O)c1cccc2c1N(C)CCO2. The van der Waals surface area contributed by atoms with Crippen LogP contribution in [0, 0.1) is 0 Å². The molecule has 0 saturated heterocycles. The predicted octanol–water partition coefficient (Wildman–Crippen LogP) is 1.30. The zero-order chi connectivity index (χ0) is 10.8. The molecule has 1 aromatic carbocycles. The minimum atomic E-state index is -0.329. The third-order valence-electron chi connectivity index (χ3n) is 2.47. The Hall–Kier alpha value is -1.71. The normalized spacial score (nSPS) is 14.1. The van der Waals surface area contributed by atoms with Gasteiger partial charge in [-0.2, -0.15) is 0 Å². The van der Waals surface area contributed by atoms with Crippen molar-refractivity contribution in [3.05, 3.63) is 23.8 Å². The first-order valence-corrected chi connectivity index (χ1v) is 4.79. The molecular weight excluding hydrogens is 194 g/mol. The summed E-state index contributed by atoms with van der Waals surface area (Å²) in [5.74, 6) is 0.413. The van der Waals surface area contributed by atoms with Crippen LogP contribution in [0.4, 0.5) is 5.69 Å². The van der Waals surface area contributed by atoms with Crippen LogP contribution in [0.15, 0.2) is 18.2 Å². The van der Waals surface area contributed by atoms with E-state index in [1.54, 1.807) is 12.1 Å². The maximum absolute atomic E-state index is 11.5. The predicted molar refractivity (Wildman–Crippen MR) is 56.5 cm³/mol. The van der Waals surface area contributed by atoms with Crippen LogP contribution in [0.25, 0.3) is 0 Å². The molecule has 0 saturated carbocycles. The molecule has 80 valence electrons. The molecule has 0 aromatic heterocycles. The smallest absolute Gasteiger partial charge is 0.340 e. The highest BCUT2D eigenvalue weighted by Gasteiger charge is 2.22. The van der Waals surface area contributed by atoms with Gasteiger partial charge in [0.25, 0.3) is 0 Å². The van der Waals surface area contributed by atoms with E-state index >= 15 is 0 Å². The van der Waals surface area contributed by atoms with E-state index < -0.39 is 0 Å². The van der Waals surface area contributed by atoms with E-state index in [0.29, 0.717) is 12.2 Å². The highest BCUT2D eigenvalue weighted by atomic mass is 16.5. The van der Waals surface area contributed by atoms with Crippen LogP contribution in [0.2, 0.25) is 0 Å². The minimum Gasteiger partial charge on any atom is -0.490 e. The van der Waals surface area contributed by atoms with Gasteiger partial charge in [-0.25, -0.2) is 4.79 Å². The lowest BCUT2D eigenvalue weighted by atomic mass is 10.1. The highest BCUT2D eigenvalue weighted by Crippen LogP contribution is 2.34. The number of nitrogens with zero attached hydrogens (tertiary/aromatic N) is 1. The summed E-state index contributed by atoms with van der Waals surface area (Å²) in [6.45, 7) is 1.43. The Morgan fingerprint density at radius 1 is 1.53 bits per heavy atom. The number of hydrogen-bond donors (Lipinski definition) is 0. The number of carbonyl (C=O) groups is 1. The molecule has 4 nitrogen and oxygen atoms in total. The first kappa shape index (κ1) is 9.83. The Morgan fingerprint density at radius 3 is 3.07 bits per heavy atom. The van der Waals surface area contributed by atoms with E-state index in [-0.39, 0.29) is 5.97 Å². The molecule has 4 heteroatoms. The Balaban J connectivity index is 2.51. The van der Waals surface area contributed by atoms with Gasteiger partial charge in [0, 0.05) is 7.05 Å². The third-order valence-corrected chi connectivity index (χ3v) is 2.47. The highest BCUT2D eigenvalue weighted by molar-refractivity contribution is 5.97. The molecule has 15 heavy (non-hydrogen) atoms. The first-order valence-electron chi connectivity index (χ1n) is 4.79. The van der Waals surface area contributed by atoms with Crippen molar-refractivity contribution >= 4 is 11.7 Å². The van der Waals surface area contributed by atoms with E-state index in [4.69, 9.17) is 9.47 Å². The van der Waals surface area contributed by atoms with Crippen LogP contribution in [-0.2, 0) is 4.74 Å². The zero-order valence-electron chi connectivity index (χ0n) is 8.82. The van der Waals surface area contributed by atoms with Crippen molar-refractivity contribution in [2.75, 3.05) is 32.2 Å². The summed E-state index contributed by atoms with van der Waals surface area (Å²) in [4.78, 5) is 13.5. The van der Waals surface area contributed by atoms with Crippen LogP contribution >= 0.6 is 0 Å². The number of benzene rings is 1. The largest absolute Gasteiger partial charge is 0.490 e. The van der Waals surface area contributed by atoms with Crippen molar-refractivity contribution < 1.29 is 14.3 Å². The van der Waals surface area contributed by atoms with Crippen LogP contribution in [-0.4, -0.2) is 33.3 Å². The molecule has 2 rings (SSSR count). The molecule has 0 unspecified atom stereocenters. The van der Waals surface area contributed by atoms with Crippen molar-refractivity contribution in [3.8, 4) is 5.75 Å². The van der Waals surface area contributed by atoms with E-state index in [1.165, 1.54) is 7.11 Å². The standard InChI is InChI=1S/C11H13NO3/c1-12-6-7-15-9-5-3-4-8(10(9)12)11(13)14-2/h3-5H,6-7H2,1-2H3. The molecule has 0 fully saturated rings. The van der Waals surface area contributed by atoms with Gasteiger partial charge >= 0.3 is 5.97 Å². The van der Waals surface area contributed by atoms with Gasteiger partial charge in [-0.15, -0.1) is 0 Å². The molecule has 0 radical (unpaired) electrons. The molecule has 0 spiro atoms. The summed E-state index contributed by atoms with van der Waals surface area (Å²) < 4.78 is 10.2. The Labute approximate surface area is 88.4 Å². The van der Waals surface area contributed by atoms with Gasteiger partial charge in [0.05, 0.1) is 24.9 Å². The molecule has 0 N–H and O–H groups in total. The Bertz CT molecular complexity index is 389. The van der Waals surface area contributed by atoms with Gasteiger partial charge in [-0.05, 0) is 12.1 Å². The van der Waals surface area contributed by atoms with Crippen LogP contribution in [0.5, 0.6) is 5.75 Å². The van der Waals surface area contributed by atoms with Gasteiger partial charge in [0.15, 0.2) is 0 Å². The lowest BCUT2D eigenvalue weighted by molar-refractivity contribution is 0.0600. The monoisotopic (exact) mass is 207 g/mol. The number of methoxy groups -OCH3 is 1. The summed E-state index contributed by atoms with van der Waals surface area (Å²) in [6, 6.07) is 5.40. The number of rotatable bonds is 1. The molecule has 1 heterocycles. The van der Waals surface area contributed by atoms with Gasteiger partial charge in [-0.1, -0.05) is 6.07 Å². The van der Waals surface area contributed by atoms with Crippen molar-refractivity contribution in [2.24, 2.45) is 0 Å². The summed E-state index contributed by atoms with van der Waals surface area (Å²) >= 11 is 0. The average molecular weight is 207 g/mol. The summed E-state index contributed by atoms with van der Waals surface area (Å²) in [7, 11) is 3.32. The number of fused-ring (bicyclic) bond motifs is 1. The van der Waals surface area contributed by atoms with Gasteiger partial charge < -0.3 is 14.4 Å². The summed E-state index contributed by atoms with van der Waals surface area (Å²) in [6.07, 6.45) is 0. The fourth-order valence-electron chi connectivity index (χ4n) is 1.71. The number of likely N-dealkylation sites (N-methyl/N-ethyl adjacent to an activating group) is 1. The van der Waals surface area contributed by atoms with E-state index in [0.717, 1.165) is 18.0 Å². The number of para-hydroxylation sites is 1. The summed E-state index contributed by atoms with van der Waals surface area (Å²) in [5, 5.41) is 0. The van der Waals surface area contributed by atoms with E-state index in [9.17, 15) is 4.79 Å². The lowest BCUT2D eigenvalue weighted by Crippen LogP contribution is -2.30. The fourth-order valence-corrected chi connectivity index (χ4v) is 1.71. The molecule has 1 aromatic rings. The topological polar surface area (TPSA) is 38.8 Å². The van der Waals surface area contributed by atoms with Crippen molar-refractivity contribution in [1.29, 1.82) is 0 Å². The average Bonchev–Trinajstić information content (AvgIpc) is 2.28. The number of anilines is 1. The van der Waals surface area contributed by atoms with Crippen LogP contribution < -0.4 is 9.64 Å². The van der Waals surface area contributed by atoms with Gasteiger partial charge in [-0.3, -0.25) is 0 Å². The second-order valence-corrected chi connectivity index (χ2v) is 3.41. The molecule has 1 aliphatic heterocycles. The lowest BCUT2D eigenvalue weighted by Gasteiger charge is -2.29. The van der Waals surface area contributed by atoms with E-state index in [2.05, 4.69) is 0 Å². The van der Waals surface area contributed by atoms with Gasteiger partial charge in [0.1, 0.15) is 12.4 Å². The number of ether oxygens (including phenoxy) is 2. The molecule has 0 aliphatic carbocycles. The molecule has 0 atom stereocenters. The number of hydrogen-bond acceptors (Lipinski definition) is 4. The second kappa shape index (κ2) is 3.81. The van der Waals surface area contributed by atoms with Crippen LogP contribution in [0.3, 0.4) is 0 Å². The van der Waals surface area contributed by atoms with Crippen LogP contribution in [0.1, 0.15) is 10.4 Å². The van der Waals surface area contributed by atoms with E-state index in [1.807, 2.05) is 18.0 Å². The van der Waals surface area contributed by atoms with Crippen molar-refractivity contribution in [2.45, 2.75) is 0 Å². The first-order chi connectivity index (χ1) is 7.24.